The Bertz CT molecular complexity index is 697. The van der Waals surface area contributed by atoms with Gasteiger partial charge in [0.25, 0.3) is 0 Å². The molecule has 0 aliphatic carbocycles. The number of carbonyl (C=O) groups is 1. The number of carbonyl (C=O) groups excluding carboxylic acids is 1. The first-order chi connectivity index (χ1) is 15.0. The van der Waals surface area contributed by atoms with E-state index >= 15 is 0 Å². The Labute approximate surface area is 186 Å². The maximum atomic E-state index is 13.0. The second-order valence-corrected chi connectivity index (χ2v) is 8.76. The summed E-state index contributed by atoms with van der Waals surface area (Å²) in [5.74, 6) is 0.0187. The molecular formula is C23H32F5NO3. The van der Waals surface area contributed by atoms with Crippen LogP contribution in [-0.4, -0.2) is 43.8 Å². The summed E-state index contributed by atoms with van der Waals surface area (Å²) >= 11 is 0. The summed E-state index contributed by atoms with van der Waals surface area (Å²) in [6, 6.07) is 4.34. The second kappa shape index (κ2) is 11.9. The van der Waals surface area contributed by atoms with Gasteiger partial charge in [-0.2, -0.15) is 22.0 Å². The third-order valence-corrected chi connectivity index (χ3v) is 6.02. The average Bonchev–Trinajstić information content (AvgIpc) is 2.73. The highest BCUT2D eigenvalue weighted by atomic mass is 19.4. The van der Waals surface area contributed by atoms with E-state index in [-0.39, 0.29) is 37.0 Å². The topological polar surface area (TPSA) is 38.8 Å². The molecule has 1 saturated heterocycles. The van der Waals surface area contributed by atoms with Gasteiger partial charge in [-0.3, -0.25) is 9.69 Å². The number of piperidine rings is 1. The molecule has 182 valence electrons. The molecule has 0 aromatic heterocycles. The van der Waals surface area contributed by atoms with E-state index in [1.54, 1.807) is 0 Å². The Balaban J connectivity index is 2.30. The van der Waals surface area contributed by atoms with E-state index in [4.69, 9.17) is 4.74 Å². The molecular weight excluding hydrogens is 433 g/mol. The first kappa shape index (κ1) is 26.5. The molecule has 0 bridgehead atoms. The molecule has 32 heavy (non-hydrogen) atoms. The fourth-order valence-corrected chi connectivity index (χ4v) is 4.27. The first-order valence-electron chi connectivity index (χ1n) is 10.9. The van der Waals surface area contributed by atoms with Crippen LogP contribution in [0.3, 0.4) is 0 Å². The van der Waals surface area contributed by atoms with Gasteiger partial charge in [0.1, 0.15) is 0 Å². The summed E-state index contributed by atoms with van der Waals surface area (Å²) in [4.78, 5) is 13.8. The minimum Gasteiger partial charge on any atom is -0.469 e. The smallest absolute Gasteiger partial charge is 0.416 e. The number of ether oxygens (including phenoxy) is 2. The van der Waals surface area contributed by atoms with Crippen LogP contribution in [-0.2, 0) is 20.4 Å². The quantitative estimate of drug-likeness (QED) is 0.311. The summed E-state index contributed by atoms with van der Waals surface area (Å²) in [5.41, 5.74) is -0.0775. The van der Waals surface area contributed by atoms with E-state index in [9.17, 15) is 26.7 Å². The largest absolute Gasteiger partial charge is 0.469 e. The van der Waals surface area contributed by atoms with Gasteiger partial charge in [0.2, 0.25) is 0 Å². The van der Waals surface area contributed by atoms with E-state index in [0.29, 0.717) is 37.3 Å². The highest BCUT2D eigenvalue weighted by Crippen LogP contribution is 2.39. The zero-order valence-electron chi connectivity index (χ0n) is 18.7. The molecule has 1 heterocycles. The summed E-state index contributed by atoms with van der Waals surface area (Å²) in [6.07, 6.45) is -1.61. The predicted molar refractivity (Wildman–Crippen MR) is 110 cm³/mol. The lowest BCUT2D eigenvalue weighted by Gasteiger charge is -2.44. The van der Waals surface area contributed by atoms with Crippen LogP contribution in [0.5, 0.6) is 0 Å². The lowest BCUT2D eigenvalue weighted by molar-refractivity contribution is -0.148. The second-order valence-electron chi connectivity index (χ2n) is 8.76. The molecule has 2 rings (SSSR count). The zero-order valence-corrected chi connectivity index (χ0v) is 18.7. The molecule has 0 saturated carbocycles. The molecule has 4 nitrogen and oxygen atoms in total. The maximum absolute atomic E-state index is 13.0. The van der Waals surface area contributed by atoms with Gasteiger partial charge in [0.05, 0.1) is 19.3 Å². The van der Waals surface area contributed by atoms with Gasteiger partial charge >= 0.3 is 18.8 Å². The van der Waals surface area contributed by atoms with E-state index in [0.717, 1.165) is 18.6 Å². The molecule has 1 aliphatic rings. The number of alkyl halides is 5. The standard InChI is InChI=1S/C23H32F5NO3/c1-15(2)4-9-19(14-32-22(24)25)29-11-10-16(13-21(30)31-3)12-20(29)17-5-7-18(8-6-17)23(26,27)28/h5-8,15-16,19-20,22H,4,9-14H2,1-3H3/t16-,19-,20+/m1/s1. The summed E-state index contributed by atoms with van der Waals surface area (Å²) in [7, 11) is 1.31. The number of halogens is 5. The number of nitrogens with zero attached hydrogens (tertiary/aromatic N) is 1. The monoisotopic (exact) mass is 465 g/mol. The van der Waals surface area contributed by atoms with Crippen LogP contribution in [0.2, 0.25) is 0 Å². The van der Waals surface area contributed by atoms with Gasteiger partial charge in [-0.05, 0) is 61.8 Å². The van der Waals surface area contributed by atoms with Gasteiger partial charge in [-0.15, -0.1) is 0 Å². The van der Waals surface area contributed by atoms with Crippen molar-refractivity contribution in [3.05, 3.63) is 35.4 Å². The van der Waals surface area contributed by atoms with Crippen LogP contribution in [0.15, 0.2) is 24.3 Å². The van der Waals surface area contributed by atoms with E-state index in [1.165, 1.54) is 19.2 Å². The first-order valence-corrected chi connectivity index (χ1v) is 10.9. The van der Waals surface area contributed by atoms with Crippen LogP contribution in [0.1, 0.15) is 63.1 Å². The number of esters is 1. The summed E-state index contributed by atoms with van der Waals surface area (Å²) in [5, 5.41) is 0. The lowest BCUT2D eigenvalue weighted by Crippen LogP contribution is -2.46. The van der Waals surface area contributed by atoms with Crippen LogP contribution in [0, 0.1) is 11.8 Å². The SMILES string of the molecule is COC(=O)C[C@@H]1CCN([C@H](CCC(C)C)COC(F)F)[C@H](c2ccc(C(F)(F)F)cc2)C1. The van der Waals surface area contributed by atoms with Crippen molar-refractivity contribution in [3.63, 3.8) is 0 Å². The molecule has 0 N–H and O–H groups in total. The average molecular weight is 466 g/mol. The van der Waals surface area contributed by atoms with Crippen molar-refractivity contribution in [1.29, 1.82) is 0 Å². The minimum absolute atomic E-state index is 0.00671. The lowest BCUT2D eigenvalue weighted by atomic mass is 9.83. The van der Waals surface area contributed by atoms with E-state index < -0.39 is 18.4 Å². The molecule has 3 atom stereocenters. The van der Waals surface area contributed by atoms with Gasteiger partial charge in [-0.1, -0.05) is 26.0 Å². The number of rotatable bonds is 10. The Morgan fingerprint density at radius 2 is 1.81 bits per heavy atom. The molecule has 0 amide bonds. The Kier molecular flexibility index (Phi) is 9.88. The van der Waals surface area contributed by atoms with Gasteiger partial charge < -0.3 is 9.47 Å². The molecule has 0 spiro atoms. The number of hydrogen-bond acceptors (Lipinski definition) is 4. The highest BCUT2D eigenvalue weighted by molar-refractivity contribution is 5.69. The molecule has 0 unspecified atom stereocenters. The Morgan fingerprint density at radius 1 is 1.16 bits per heavy atom. The highest BCUT2D eigenvalue weighted by Gasteiger charge is 2.36. The molecule has 1 aliphatic heterocycles. The van der Waals surface area contributed by atoms with E-state index in [2.05, 4.69) is 9.64 Å². The minimum atomic E-state index is -4.44. The van der Waals surface area contributed by atoms with Crippen molar-refractivity contribution in [2.24, 2.45) is 11.8 Å². The number of methoxy groups -OCH3 is 1. The normalized spacial score (nSPS) is 21.2. The fourth-order valence-electron chi connectivity index (χ4n) is 4.27. The number of hydrogen-bond donors (Lipinski definition) is 0. The van der Waals surface area contributed by atoms with Crippen molar-refractivity contribution >= 4 is 5.97 Å². The zero-order chi connectivity index (χ0) is 23.9. The van der Waals surface area contributed by atoms with Crippen molar-refractivity contribution in [2.45, 2.75) is 70.8 Å². The van der Waals surface area contributed by atoms with Crippen molar-refractivity contribution < 1.29 is 36.2 Å². The van der Waals surface area contributed by atoms with Gasteiger partial charge in [-0.25, -0.2) is 0 Å². The van der Waals surface area contributed by atoms with Crippen LogP contribution in [0.25, 0.3) is 0 Å². The molecule has 1 fully saturated rings. The van der Waals surface area contributed by atoms with Crippen molar-refractivity contribution in [2.75, 3.05) is 20.3 Å². The van der Waals surface area contributed by atoms with Crippen LogP contribution < -0.4 is 0 Å². The van der Waals surface area contributed by atoms with Gasteiger partial charge in [0, 0.05) is 18.5 Å². The summed E-state index contributed by atoms with van der Waals surface area (Å²) in [6.45, 7) is 1.56. The van der Waals surface area contributed by atoms with E-state index in [1.807, 2.05) is 13.8 Å². The number of benzene rings is 1. The van der Waals surface area contributed by atoms with Crippen LogP contribution in [0.4, 0.5) is 22.0 Å². The van der Waals surface area contributed by atoms with Gasteiger partial charge in [0.15, 0.2) is 0 Å². The molecule has 1 aromatic carbocycles. The summed E-state index contributed by atoms with van der Waals surface area (Å²) < 4.78 is 74.0. The third-order valence-electron chi connectivity index (χ3n) is 6.02. The Morgan fingerprint density at radius 3 is 2.34 bits per heavy atom. The molecule has 9 heteroatoms. The molecule has 0 radical (unpaired) electrons. The van der Waals surface area contributed by atoms with Crippen LogP contribution >= 0.6 is 0 Å². The van der Waals surface area contributed by atoms with Crippen molar-refractivity contribution in [1.82, 2.24) is 4.90 Å². The van der Waals surface area contributed by atoms with Crippen molar-refractivity contribution in [3.8, 4) is 0 Å². The third kappa shape index (κ3) is 7.99. The number of likely N-dealkylation sites (tertiary alicyclic amines) is 1. The Hall–Kier alpha value is -1.74. The maximum Gasteiger partial charge on any atom is 0.416 e. The predicted octanol–water partition coefficient (Wildman–Crippen LogP) is 6.07. The fraction of sp³-hybridized carbons (Fsp3) is 0.696. The molecule has 1 aromatic rings.